The third kappa shape index (κ3) is 6.33. The first-order chi connectivity index (χ1) is 13.4. The summed E-state index contributed by atoms with van der Waals surface area (Å²) in [5.41, 5.74) is 1.21. The van der Waals surface area contributed by atoms with Crippen LogP contribution in [0.3, 0.4) is 0 Å². The van der Waals surface area contributed by atoms with Crippen LogP contribution in [0.15, 0.2) is 48.0 Å². The molecule has 0 heterocycles. The highest BCUT2D eigenvalue weighted by atomic mass is 35.5. The van der Waals surface area contributed by atoms with E-state index >= 15 is 0 Å². The molecule has 6 heteroatoms. The minimum Gasteiger partial charge on any atom is -0.490 e. The summed E-state index contributed by atoms with van der Waals surface area (Å²) in [5, 5.41) is 12.6. The molecule has 0 saturated heterocycles. The fourth-order valence-corrected chi connectivity index (χ4v) is 2.43. The van der Waals surface area contributed by atoms with Crippen LogP contribution >= 0.6 is 11.6 Å². The minimum absolute atomic E-state index is 0.0201. The molecule has 28 heavy (non-hydrogen) atoms. The second-order valence-electron chi connectivity index (χ2n) is 6.47. The molecule has 0 unspecified atom stereocenters. The van der Waals surface area contributed by atoms with E-state index in [1.807, 2.05) is 13.0 Å². The van der Waals surface area contributed by atoms with E-state index in [4.69, 9.17) is 21.1 Å². The number of nitrogens with one attached hydrogen (secondary N) is 1. The first kappa shape index (κ1) is 21.3. The largest absolute Gasteiger partial charge is 0.490 e. The van der Waals surface area contributed by atoms with Gasteiger partial charge in [-0.3, -0.25) is 4.79 Å². The summed E-state index contributed by atoms with van der Waals surface area (Å²) in [7, 11) is 0. The second-order valence-corrected chi connectivity index (χ2v) is 6.91. The predicted molar refractivity (Wildman–Crippen MR) is 112 cm³/mol. The van der Waals surface area contributed by atoms with Gasteiger partial charge in [-0.1, -0.05) is 31.5 Å². The average Bonchev–Trinajstić information content (AvgIpc) is 2.67. The van der Waals surface area contributed by atoms with E-state index in [1.165, 1.54) is 6.08 Å². The van der Waals surface area contributed by atoms with Gasteiger partial charge in [-0.15, -0.1) is 0 Å². The molecule has 0 radical (unpaired) electrons. The van der Waals surface area contributed by atoms with Gasteiger partial charge in [0.05, 0.1) is 13.2 Å². The van der Waals surface area contributed by atoms with Crippen LogP contribution in [0, 0.1) is 17.2 Å². The van der Waals surface area contributed by atoms with Crippen LogP contribution in [0.4, 0.5) is 5.69 Å². The molecule has 0 aliphatic rings. The first-order valence-corrected chi connectivity index (χ1v) is 9.39. The lowest BCUT2D eigenvalue weighted by atomic mass is 10.1. The number of anilines is 1. The van der Waals surface area contributed by atoms with Crippen LogP contribution in [-0.4, -0.2) is 19.1 Å². The Hall–Kier alpha value is -2.97. The Morgan fingerprint density at radius 3 is 2.50 bits per heavy atom. The van der Waals surface area contributed by atoms with Gasteiger partial charge in [0.15, 0.2) is 11.5 Å². The molecular formula is C22H23ClN2O3. The molecule has 0 bridgehead atoms. The van der Waals surface area contributed by atoms with E-state index in [0.717, 1.165) is 0 Å². The van der Waals surface area contributed by atoms with Crippen LogP contribution in [-0.2, 0) is 4.79 Å². The van der Waals surface area contributed by atoms with Crippen molar-refractivity contribution in [1.82, 2.24) is 0 Å². The molecule has 0 atom stereocenters. The lowest BCUT2D eigenvalue weighted by Crippen LogP contribution is -2.13. The Morgan fingerprint density at radius 2 is 1.89 bits per heavy atom. The monoisotopic (exact) mass is 398 g/mol. The Morgan fingerprint density at radius 1 is 1.18 bits per heavy atom. The zero-order valence-corrected chi connectivity index (χ0v) is 16.9. The van der Waals surface area contributed by atoms with Gasteiger partial charge in [0.25, 0.3) is 5.91 Å². The van der Waals surface area contributed by atoms with E-state index in [2.05, 4.69) is 19.2 Å². The lowest BCUT2D eigenvalue weighted by Gasteiger charge is -2.14. The summed E-state index contributed by atoms with van der Waals surface area (Å²) in [6, 6.07) is 13.9. The topological polar surface area (TPSA) is 71.3 Å². The van der Waals surface area contributed by atoms with Gasteiger partial charge in [0.2, 0.25) is 0 Å². The van der Waals surface area contributed by atoms with Gasteiger partial charge in [-0.05, 0) is 60.9 Å². The molecule has 0 aliphatic carbocycles. The van der Waals surface area contributed by atoms with Crippen LogP contribution in [0.2, 0.25) is 5.02 Å². The summed E-state index contributed by atoms with van der Waals surface area (Å²) in [6.45, 7) is 7.07. The van der Waals surface area contributed by atoms with Crippen molar-refractivity contribution in [2.24, 2.45) is 5.92 Å². The van der Waals surface area contributed by atoms with E-state index in [0.29, 0.717) is 46.9 Å². The van der Waals surface area contributed by atoms with Crippen molar-refractivity contribution < 1.29 is 14.3 Å². The quantitative estimate of drug-likeness (QED) is 0.482. The van der Waals surface area contributed by atoms with Crippen LogP contribution < -0.4 is 14.8 Å². The normalized spacial score (nSPS) is 11.1. The smallest absolute Gasteiger partial charge is 0.266 e. The predicted octanol–water partition coefficient (Wildman–Crippen LogP) is 5.32. The highest BCUT2D eigenvalue weighted by molar-refractivity contribution is 6.30. The maximum Gasteiger partial charge on any atom is 0.266 e. The summed E-state index contributed by atoms with van der Waals surface area (Å²) in [6.07, 6.45) is 1.51. The maximum absolute atomic E-state index is 12.4. The van der Waals surface area contributed by atoms with Crippen LogP contribution in [0.25, 0.3) is 6.08 Å². The zero-order valence-electron chi connectivity index (χ0n) is 16.2. The van der Waals surface area contributed by atoms with Crippen molar-refractivity contribution in [2.75, 3.05) is 18.5 Å². The minimum atomic E-state index is -0.497. The summed E-state index contributed by atoms with van der Waals surface area (Å²) < 4.78 is 11.4. The average molecular weight is 399 g/mol. The van der Waals surface area contributed by atoms with Gasteiger partial charge >= 0.3 is 0 Å². The van der Waals surface area contributed by atoms with Crippen molar-refractivity contribution in [1.29, 1.82) is 5.26 Å². The van der Waals surface area contributed by atoms with Gasteiger partial charge in [-0.25, -0.2) is 0 Å². The number of hydrogen-bond donors (Lipinski definition) is 1. The van der Waals surface area contributed by atoms with Crippen molar-refractivity contribution in [3.63, 3.8) is 0 Å². The molecule has 0 spiro atoms. The van der Waals surface area contributed by atoms with E-state index in [1.54, 1.807) is 42.5 Å². The number of halogens is 1. The summed E-state index contributed by atoms with van der Waals surface area (Å²) in [4.78, 5) is 12.4. The fraction of sp³-hybridized carbons (Fsp3) is 0.273. The number of carbonyl (C=O) groups is 1. The van der Waals surface area contributed by atoms with Crippen LogP contribution in [0.1, 0.15) is 26.3 Å². The number of carbonyl (C=O) groups excluding carboxylic acids is 1. The summed E-state index contributed by atoms with van der Waals surface area (Å²) in [5.74, 6) is 1.10. The Labute approximate surface area is 170 Å². The molecule has 0 fully saturated rings. The highest BCUT2D eigenvalue weighted by Gasteiger charge is 2.12. The Balaban J connectivity index is 2.22. The van der Waals surface area contributed by atoms with Crippen molar-refractivity contribution in [3.8, 4) is 17.6 Å². The number of benzene rings is 2. The zero-order chi connectivity index (χ0) is 20.5. The number of nitriles is 1. The van der Waals surface area contributed by atoms with E-state index in [9.17, 15) is 10.1 Å². The third-order valence-corrected chi connectivity index (χ3v) is 3.87. The molecule has 1 amide bonds. The molecule has 2 aromatic rings. The Bertz CT molecular complexity index is 884. The van der Waals surface area contributed by atoms with Gasteiger partial charge < -0.3 is 14.8 Å². The molecule has 2 aromatic carbocycles. The van der Waals surface area contributed by atoms with Crippen LogP contribution in [0.5, 0.6) is 11.5 Å². The molecule has 0 saturated carbocycles. The molecular weight excluding hydrogens is 376 g/mol. The standard InChI is InChI=1S/C22H23ClN2O3/c1-4-27-21-12-16(5-10-20(21)28-14-15(2)3)11-17(13-24)22(26)25-19-8-6-18(23)7-9-19/h5-12,15H,4,14H2,1-3H3,(H,25,26)/b17-11+. The maximum atomic E-state index is 12.4. The molecule has 1 N–H and O–H groups in total. The number of rotatable bonds is 8. The van der Waals surface area contributed by atoms with E-state index < -0.39 is 5.91 Å². The molecule has 5 nitrogen and oxygen atoms in total. The lowest BCUT2D eigenvalue weighted by molar-refractivity contribution is -0.112. The number of hydrogen-bond acceptors (Lipinski definition) is 4. The first-order valence-electron chi connectivity index (χ1n) is 9.01. The number of amides is 1. The summed E-state index contributed by atoms with van der Waals surface area (Å²) >= 11 is 5.84. The van der Waals surface area contributed by atoms with Gasteiger partial charge in [0.1, 0.15) is 11.6 Å². The fourth-order valence-electron chi connectivity index (χ4n) is 2.31. The molecule has 0 aliphatic heterocycles. The Kier molecular flexibility index (Phi) is 7.91. The highest BCUT2D eigenvalue weighted by Crippen LogP contribution is 2.30. The molecule has 0 aromatic heterocycles. The van der Waals surface area contributed by atoms with Gasteiger partial charge in [-0.2, -0.15) is 5.26 Å². The second kappa shape index (κ2) is 10.4. The van der Waals surface area contributed by atoms with E-state index in [-0.39, 0.29) is 5.57 Å². The van der Waals surface area contributed by atoms with Crippen molar-refractivity contribution in [2.45, 2.75) is 20.8 Å². The molecule has 146 valence electrons. The SMILES string of the molecule is CCOc1cc(/C=C(\C#N)C(=O)Nc2ccc(Cl)cc2)ccc1OCC(C)C. The number of nitrogens with zero attached hydrogens (tertiary/aromatic N) is 1. The number of ether oxygens (including phenoxy) is 2. The van der Waals surface area contributed by atoms with Crippen molar-refractivity contribution >= 4 is 29.3 Å². The van der Waals surface area contributed by atoms with Crippen molar-refractivity contribution in [3.05, 3.63) is 58.6 Å². The third-order valence-electron chi connectivity index (χ3n) is 3.62. The van der Waals surface area contributed by atoms with Gasteiger partial charge in [0, 0.05) is 10.7 Å². The molecule has 2 rings (SSSR count).